The summed E-state index contributed by atoms with van der Waals surface area (Å²) >= 11 is 0. The van der Waals surface area contributed by atoms with Gasteiger partial charge in [-0.25, -0.2) is 0 Å². The van der Waals surface area contributed by atoms with Crippen molar-refractivity contribution in [2.75, 3.05) is 226 Å². The molecule has 0 rings (SSSR count). The normalized spacial score (nSPS) is 11.6. The zero-order chi connectivity index (χ0) is 36.6. The maximum absolute atomic E-state index is 5.49. The van der Waals surface area contributed by atoms with E-state index in [1.807, 2.05) is 0 Å². The molecular formula is C34H70O17. The average Bonchev–Trinajstić information content (AvgIpc) is 3.14. The maximum Gasteiger partial charge on any atom is 0.0701 e. The standard InChI is InChI=1S/C34H70O17/c1-35-3-5-37-7-9-39-11-13-41-15-17-43-19-21-45-23-25-47-27-29-49-31-33-51-34-32-50-30-28-48-26-24-46-22-20-44-18-16-42-14-12-40-10-8-38-6-4-36-2/h3-34H2,1-2H3. The van der Waals surface area contributed by atoms with Gasteiger partial charge < -0.3 is 80.5 Å². The van der Waals surface area contributed by atoms with Gasteiger partial charge >= 0.3 is 0 Å². The molecule has 0 aliphatic heterocycles. The van der Waals surface area contributed by atoms with Crippen molar-refractivity contribution in [2.45, 2.75) is 0 Å². The molecule has 0 radical (unpaired) electrons. The van der Waals surface area contributed by atoms with E-state index in [2.05, 4.69) is 0 Å². The van der Waals surface area contributed by atoms with E-state index >= 15 is 0 Å². The molecule has 0 aromatic rings. The summed E-state index contributed by atoms with van der Waals surface area (Å²) in [6.07, 6.45) is 0. The monoisotopic (exact) mass is 750 g/mol. The smallest absolute Gasteiger partial charge is 0.0701 e. The van der Waals surface area contributed by atoms with Gasteiger partial charge in [-0.2, -0.15) is 0 Å². The number of hydrogen-bond donors (Lipinski definition) is 0. The molecule has 17 nitrogen and oxygen atoms in total. The van der Waals surface area contributed by atoms with E-state index in [0.29, 0.717) is 211 Å². The molecule has 0 atom stereocenters. The van der Waals surface area contributed by atoms with Crippen LogP contribution < -0.4 is 0 Å². The van der Waals surface area contributed by atoms with Crippen LogP contribution in [0, 0.1) is 0 Å². The molecule has 0 saturated heterocycles. The molecule has 0 fully saturated rings. The summed E-state index contributed by atoms with van der Waals surface area (Å²) in [5.74, 6) is 0. The van der Waals surface area contributed by atoms with Crippen LogP contribution in [0.1, 0.15) is 0 Å². The molecule has 0 amide bonds. The molecule has 0 heterocycles. The number of methoxy groups -OCH3 is 2. The first kappa shape index (κ1) is 50.3. The summed E-state index contributed by atoms with van der Waals surface area (Å²) in [5, 5.41) is 0. The van der Waals surface area contributed by atoms with Crippen LogP contribution in [-0.4, -0.2) is 226 Å². The van der Waals surface area contributed by atoms with Crippen LogP contribution in [0.2, 0.25) is 0 Å². The lowest BCUT2D eigenvalue weighted by molar-refractivity contribution is -0.0304. The van der Waals surface area contributed by atoms with E-state index in [-0.39, 0.29) is 0 Å². The van der Waals surface area contributed by atoms with Crippen LogP contribution in [-0.2, 0) is 80.5 Å². The van der Waals surface area contributed by atoms with Gasteiger partial charge in [0.1, 0.15) is 0 Å². The second-order valence-electron chi connectivity index (χ2n) is 10.2. The van der Waals surface area contributed by atoms with Crippen LogP contribution in [0.15, 0.2) is 0 Å². The summed E-state index contributed by atoms with van der Waals surface area (Å²) < 4.78 is 91.4. The Morgan fingerprint density at radius 2 is 0.216 bits per heavy atom. The van der Waals surface area contributed by atoms with Crippen LogP contribution in [0.4, 0.5) is 0 Å². The quantitative estimate of drug-likeness (QED) is 0.0793. The second-order valence-corrected chi connectivity index (χ2v) is 10.2. The average molecular weight is 751 g/mol. The molecule has 308 valence electrons. The molecule has 0 aromatic carbocycles. The maximum atomic E-state index is 5.49. The minimum Gasteiger partial charge on any atom is -0.382 e. The Morgan fingerprint density at radius 3 is 0.294 bits per heavy atom. The molecule has 0 saturated carbocycles. The van der Waals surface area contributed by atoms with Gasteiger partial charge in [0.25, 0.3) is 0 Å². The molecule has 51 heavy (non-hydrogen) atoms. The van der Waals surface area contributed by atoms with Gasteiger partial charge in [-0.1, -0.05) is 0 Å². The Kier molecular flexibility index (Phi) is 48.7. The van der Waals surface area contributed by atoms with E-state index in [4.69, 9.17) is 80.5 Å². The summed E-state index contributed by atoms with van der Waals surface area (Å²) in [6.45, 7) is 16.8. The largest absolute Gasteiger partial charge is 0.382 e. The molecule has 0 spiro atoms. The first-order chi connectivity index (χ1) is 25.4. The zero-order valence-electron chi connectivity index (χ0n) is 31.6. The molecule has 0 aromatic heterocycles. The highest BCUT2D eigenvalue weighted by Crippen LogP contribution is 1.88. The van der Waals surface area contributed by atoms with Crippen molar-refractivity contribution in [1.82, 2.24) is 0 Å². The Bertz CT molecular complexity index is 549. The fraction of sp³-hybridized carbons (Fsp3) is 1.00. The van der Waals surface area contributed by atoms with Gasteiger partial charge in [0.2, 0.25) is 0 Å². The van der Waals surface area contributed by atoms with E-state index in [9.17, 15) is 0 Å². The SMILES string of the molecule is COCCOCCOCCOCCOCCOCCOCCOCCOCCOCCOCCOCCOCCOCCOCCOCCOC. The molecule has 0 aliphatic rings. The zero-order valence-corrected chi connectivity index (χ0v) is 31.6. The Morgan fingerprint density at radius 1 is 0.137 bits per heavy atom. The highest BCUT2D eigenvalue weighted by Gasteiger charge is 1.97. The third-order valence-corrected chi connectivity index (χ3v) is 6.07. The Labute approximate surface area is 306 Å². The molecule has 17 heteroatoms. The van der Waals surface area contributed by atoms with Crippen molar-refractivity contribution in [3.05, 3.63) is 0 Å². The van der Waals surface area contributed by atoms with Gasteiger partial charge in [0.05, 0.1) is 211 Å². The lowest BCUT2D eigenvalue weighted by atomic mass is 10.6. The van der Waals surface area contributed by atoms with Gasteiger partial charge in [0, 0.05) is 14.2 Å². The van der Waals surface area contributed by atoms with Crippen LogP contribution in [0.25, 0.3) is 0 Å². The highest BCUT2D eigenvalue weighted by molar-refractivity contribution is 4.40. The minimum atomic E-state index is 0.502. The highest BCUT2D eigenvalue weighted by atomic mass is 16.6. The Balaban J connectivity index is 3.04. The summed E-state index contributed by atoms with van der Waals surface area (Å²) in [5.41, 5.74) is 0. The van der Waals surface area contributed by atoms with Crippen molar-refractivity contribution in [2.24, 2.45) is 0 Å². The van der Waals surface area contributed by atoms with Crippen molar-refractivity contribution in [3.63, 3.8) is 0 Å². The molecular weight excluding hydrogens is 680 g/mol. The predicted molar refractivity (Wildman–Crippen MR) is 186 cm³/mol. The first-order valence-electron chi connectivity index (χ1n) is 18.1. The van der Waals surface area contributed by atoms with Crippen LogP contribution in [0.5, 0.6) is 0 Å². The number of hydrogen-bond acceptors (Lipinski definition) is 17. The third kappa shape index (κ3) is 49.3. The lowest BCUT2D eigenvalue weighted by Crippen LogP contribution is -2.16. The van der Waals surface area contributed by atoms with Crippen LogP contribution in [0.3, 0.4) is 0 Å². The van der Waals surface area contributed by atoms with Gasteiger partial charge in [0.15, 0.2) is 0 Å². The fourth-order valence-corrected chi connectivity index (χ4v) is 3.47. The van der Waals surface area contributed by atoms with Gasteiger partial charge in [-0.05, 0) is 0 Å². The Hall–Kier alpha value is -0.680. The van der Waals surface area contributed by atoms with Crippen molar-refractivity contribution in [3.8, 4) is 0 Å². The molecule has 0 aliphatic carbocycles. The van der Waals surface area contributed by atoms with Crippen molar-refractivity contribution in [1.29, 1.82) is 0 Å². The van der Waals surface area contributed by atoms with Crippen molar-refractivity contribution < 1.29 is 80.5 Å². The van der Waals surface area contributed by atoms with Gasteiger partial charge in [-0.15, -0.1) is 0 Å². The first-order valence-corrected chi connectivity index (χ1v) is 18.1. The second kappa shape index (κ2) is 49.3. The molecule has 0 unspecified atom stereocenters. The summed E-state index contributed by atoms with van der Waals surface area (Å²) in [6, 6.07) is 0. The van der Waals surface area contributed by atoms with Crippen molar-refractivity contribution >= 4 is 0 Å². The number of ether oxygens (including phenoxy) is 17. The van der Waals surface area contributed by atoms with E-state index in [1.165, 1.54) is 0 Å². The fourth-order valence-electron chi connectivity index (χ4n) is 3.47. The summed E-state index contributed by atoms with van der Waals surface area (Å²) in [4.78, 5) is 0. The minimum absolute atomic E-state index is 0.502. The topological polar surface area (TPSA) is 157 Å². The molecule has 0 bridgehead atoms. The summed E-state index contributed by atoms with van der Waals surface area (Å²) in [7, 11) is 3.29. The van der Waals surface area contributed by atoms with Crippen LogP contribution >= 0.6 is 0 Å². The van der Waals surface area contributed by atoms with E-state index in [0.717, 1.165) is 0 Å². The molecule has 0 N–H and O–H groups in total. The predicted octanol–water partition coefficient (Wildman–Crippen LogP) is 0.528. The van der Waals surface area contributed by atoms with E-state index in [1.54, 1.807) is 14.2 Å². The lowest BCUT2D eigenvalue weighted by Gasteiger charge is -2.09. The van der Waals surface area contributed by atoms with E-state index < -0.39 is 0 Å². The third-order valence-electron chi connectivity index (χ3n) is 6.07. The van der Waals surface area contributed by atoms with Gasteiger partial charge in [-0.3, -0.25) is 0 Å². The number of rotatable bonds is 48.